The molecule has 1 N–H and O–H groups in total. The van der Waals surface area contributed by atoms with E-state index in [9.17, 15) is 26.3 Å². The molecule has 0 radical (unpaired) electrons. The van der Waals surface area contributed by atoms with Crippen LogP contribution in [0.3, 0.4) is 0 Å². The maximum absolute atomic E-state index is 12.5. The highest BCUT2D eigenvalue weighted by atomic mass is 19.4. The molecular weight excluding hydrogens is 266 g/mol. The number of alkyl halides is 6. The van der Waals surface area contributed by atoms with E-state index < -0.39 is 35.3 Å². The molecule has 1 rings (SSSR count). The summed E-state index contributed by atoms with van der Waals surface area (Å²) in [7, 11) is 0.803. The second-order valence-corrected chi connectivity index (χ2v) is 3.37. The topological polar surface area (TPSA) is 29.5 Å². The fourth-order valence-electron chi connectivity index (χ4n) is 1.40. The Kier molecular flexibility index (Phi) is 3.80. The predicted molar refractivity (Wildman–Crippen MR) is 49.0 cm³/mol. The van der Waals surface area contributed by atoms with Crippen LogP contribution >= 0.6 is 0 Å². The fraction of sp³-hybridized carbons (Fsp3) is 0.400. The van der Waals surface area contributed by atoms with Gasteiger partial charge in [0.15, 0.2) is 6.10 Å². The molecule has 0 saturated carbocycles. The third-order valence-electron chi connectivity index (χ3n) is 2.16. The van der Waals surface area contributed by atoms with Crippen LogP contribution in [-0.2, 0) is 6.18 Å². The van der Waals surface area contributed by atoms with E-state index >= 15 is 0 Å². The van der Waals surface area contributed by atoms with Crippen LogP contribution in [0.5, 0.6) is 5.75 Å². The van der Waals surface area contributed by atoms with Gasteiger partial charge in [0, 0.05) is 5.56 Å². The van der Waals surface area contributed by atoms with Gasteiger partial charge in [-0.3, -0.25) is 0 Å². The number of ether oxygens (including phenoxy) is 1. The van der Waals surface area contributed by atoms with Gasteiger partial charge in [-0.15, -0.1) is 0 Å². The third kappa shape index (κ3) is 2.87. The summed E-state index contributed by atoms with van der Waals surface area (Å²) in [6.07, 6.45) is -13.0. The fourth-order valence-corrected chi connectivity index (χ4v) is 1.40. The number of rotatable bonds is 2. The van der Waals surface area contributed by atoms with Gasteiger partial charge >= 0.3 is 12.4 Å². The molecule has 0 aliphatic rings. The SMILES string of the molecule is COc1c([C@H](O)C(F)(F)F)cccc1C(F)(F)F. The van der Waals surface area contributed by atoms with E-state index in [1.807, 2.05) is 0 Å². The lowest BCUT2D eigenvalue weighted by molar-refractivity contribution is -0.207. The van der Waals surface area contributed by atoms with Gasteiger partial charge in [0.1, 0.15) is 5.75 Å². The second kappa shape index (κ2) is 4.68. The molecule has 0 fully saturated rings. The third-order valence-corrected chi connectivity index (χ3v) is 2.16. The first-order chi connectivity index (χ1) is 8.09. The zero-order valence-corrected chi connectivity index (χ0v) is 8.93. The van der Waals surface area contributed by atoms with Crippen molar-refractivity contribution >= 4 is 0 Å². The van der Waals surface area contributed by atoms with Crippen LogP contribution < -0.4 is 4.74 Å². The van der Waals surface area contributed by atoms with Gasteiger partial charge in [0.2, 0.25) is 0 Å². The molecule has 18 heavy (non-hydrogen) atoms. The van der Waals surface area contributed by atoms with Crippen molar-refractivity contribution < 1.29 is 36.2 Å². The Bertz CT molecular complexity index is 423. The van der Waals surface area contributed by atoms with Crippen molar-refractivity contribution in [1.29, 1.82) is 0 Å². The number of aliphatic hydroxyl groups excluding tert-OH is 1. The van der Waals surface area contributed by atoms with Crippen LogP contribution in [0, 0.1) is 0 Å². The van der Waals surface area contributed by atoms with Crippen molar-refractivity contribution in [3.63, 3.8) is 0 Å². The molecule has 2 nitrogen and oxygen atoms in total. The highest BCUT2D eigenvalue weighted by Gasteiger charge is 2.43. The minimum Gasteiger partial charge on any atom is -0.496 e. The molecule has 0 unspecified atom stereocenters. The molecule has 1 atom stereocenters. The maximum Gasteiger partial charge on any atom is 0.419 e. The van der Waals surface area contributed by atoms with Gasteiger partial charge < -0.3 is 9.84 Å². The summed E-state index contributed by atoms with van der Waals surface area (Å²) < 4.78 is 78.8. The standard InChI is InChI=1S/C10H8F6O2/c1-18-7-5(8(17)10(14,15)16)3-2-4-6(7)9(11,12)13/h2-4,8,17H,1H3/t8-/m0/s1. The Morgan fingerprint density at radius 1 is 1.11 bits per heavy atom. The molecule has 1 aromatic rings. The predicted octanol–water partition coefficient (Wildman–Crippen LogP) is 3.31. The minimum atomic E-state index is -5.07. The molecule has 0 aromatic heterocycles. The summed E-state index contributed by atoms with van der Waals surface area (Å²) in [4.78, 5) is 0. The smallest absolute Gasteiger partial charge is 0.419 e. The molecule has 0 bridgehead atoms. The van der Waals surface area contributed by atoms with Gasteiger partial charge in [-0.1, -0.05) is 12.1 Å². The van der Waals surface area contributed by atoms with Crippen LogP contribution in [-0.4, -0.2) is 18.4 Å². The zero-order valence-electron chi connectivity index (χ0n) is 8.93. The molecule has 102 valence electrons. The molecule has 8 heteroatoms. The molecule has 0 aliphatic carbocycles. The van der Waals surface area contributed by atoms with Gasteiger partial charge in [0.05, 0.1) is 12.7 Å². The summed E-state index contributed by atoms with van der Waals surface area (Å²) in [6.45, 7) is 0. The number of hydrogen-bond donors (Lipinski definition) is 1. The lowest BCUT2D eigenvalue weighted by Crippen LogP contribution is -2.22. The normalized spacial score (nSPS) is 14.4. The Balaban J connectivity index is 3.39. The quantitative estimate of drug-likeness (QED) is 0.838. The molecule has 0 aliphatic heterocycles. The monoisotopic (exact) mass is 274 g/mol. The van der Waals surface area contributed by atoms with Gasteiger partial charge in [-0.25, -0.2) is 0 Å². The number of aliphatic hydroxyl groups is 1. The van der Waals surface area contributed by atoms with Crippen LogP contribution in [0.1, 0.15) is 17.2 Å². The summed E-state index contributed by atoms with van der Waals surface area (Å²) in [5.74, 6) is -1.03. The summed E-state index contributed by atoms with van der Waals surface area (Å²) >= 11 is 0. The molecule has 1 aromatic carbocycles. The number of para-hydroxylation sites is 1. The Labute approximate surface area is 97.8 Å². The lowest BCUT2D eigenvalue weighted by Gasteiger charge is -2.20. The van der Waals surface area contributed by atoms with Gasteiger partial charge in [0.25, 0.3) is 0 Å². The van der Waals surface area contributed by atoms with Crippen LogP contribution in [0.25, 0.3) is 0 Å². The minimum absolute atomic E-state index is 0.575. The van der Waals surface area contributed by atoms with Crippen molar-refractivity contribution in [1.82, 2.24) is 0 Å². The number of hydrogen-bond acceptors (Lipinski definition) is 2. The molecule has 0 amide bonds. The first-order valence-electron chi connectivity index (χ1n) is 4.58. The van der Waals surface area contributed by atoms with Crippen LogP contribution in [0.15, 0.2) is 18.2 Å². The van der Waals surface area contributed by atoms with Gasteiger partial charge in [-0.2, -0.15) is 26.3 Å². The molecular formula is C10H8F6O2. The van der Waals surface area contributed by atoms with E-state index in [2.05, 4.69) is 4.74 Å². The molecule has 0 heterocycles. The summed E-state index contributed by atoms with van der Waals surface area (Å²) in [6, 6.07) is 2.08. The van der Waals surface area contributed by atoms with E-state index in [1.54, 1.807) is 0 Å². The van der Waals surface area contributed by atoms with E-state index in [4.69, 9.17) is 5.11 Å². The second-order valence-electron chi connectivity index (χ2n) is 3.37. The van der Waals surface area contributed by atoms with Crippen LogP contribution in [0.2, 0.25) is 0 Å². The highest BCUT2D eigenvalue weighted by Crippen LogP contribution is 2.43. The largest absolute Gasteiger partial charge is 0.496 e. The van der Waals surface area contributed by atoms with E-state index in [0.717, 1.165) is 19.2 Å². The van der Waals surface area contributed by atoms with E-state index in [1.165, 1.54) is 0 Å². The number of methoxy groups -OCH3 is 1. The van der Waals surface area contributed by atoms with Gasteiger partial charge in [-0.05, 0) is 6.07 Å². The first kappa shape index (κ1) is 14.6. The highest BCUT2D eigenvalue weighted by molar-refractivity contribution is 5.44. The Morgan fingerprint density at radius 3 is 2.06 bits per heavy atom. The molecule has 0 saturated heterocycles. The van der Waals surface area contributed by atoms with Crippen molar-refractivity contribution in [2.24, 2.45) is 0 Å². The summed E-state index contributed by atoms with van der Waals surface area (Å²) in [5, 5.41) is 8.99. The van der Waals surface area contributed by atoms with Crippen molar-refractivity contribution in [3.05, 3.63) is 29.3 Å². The maximum atomic E-state index is 12.5. The van der Waals surface area contributed by atoms with Crippen LogP contribution in [0.4, 0.5) is 26.3 Å². The van der Waals surface area contributed by atoms with Crippen molar-refractivity contribution in [2.45, 2.75) is 18.5 Å². The Morgan fingerprint density at radius 2 is 1.67 bits per heavy atom. The Hall–Kier alpha value is -1.44. The molecule has 0 spiro atoms. The van der Waals surface area contributed by atoms with Crippen molar-refractivity contribution in [2.75, 3.05) is 7.11 Å². The average Bonchev–Trinajstić information content (AvgIpc) is 2.24. The van der Waals surface area contributed by atoms with E-state index in [-0.39, 0.29) is 0 Å². The van der Waals surface area contributed by atoms with E-state index in [0.29, 0.717) is 6.07 Å². The number of benzene rings is 1. The summed E-state index contributed by atoms with van der Waals surface area (Å²) in [5.41, 5.74) is -2.34. The first-order valence-corrected chi connectivity index (χ1v) is 4.58. The average molecular weight is 274 g/mol. The zero-order chi connectivity index (χ0) is 14.1. The lowest BCUT2D eigenvalue weighted by atomic mass is 10.0. The van der Waals surface area contributed by atoms with Crippen molar-refractivity contribution in [3.8, 4) is 5.75 Å². The number of halogens is 6.